The van der Waals surface area contributed by atoms with Crippen molar-refractivity contribution < 1.29 is 9.53 Å². The smallest absolute Gasteiger partial charge is 0.150 e. The van der Waals surface area contributed by atoms with Crippen LogP contribution in [0.2, 0.25) is 0 Å². The highest BCUT2D eigenvalue weighted by Crippen LogP contribution is 2.27. The fourth-order valence-corrected chi connectivity index (χ4v) is 3.62. The standard InChI is InChI=1S/C22H22N2O2/c1-26-21-8-6-19(7-9-21)23-10-12-24(13-11-23)20-14-17-4-2-3-5-22(17)18(15-20)16-25/h2-9,14-16H,10-13H2,1H3. The molecule has 0 unspecified atom stereocenters. The number of carbonyl (C=O) groups is 1. The van der Waals surface area contributed by atoms with Crippen LogP contribution in [0, 0.1) is 0 Å². The van der Waals surface area contributed by atoms with Crippen LogP contribution in [-0.4, -0.2) is 39.6 Å². The van der Waals surface area contributed by atoms with Gasteiger partial charge in [0.15, 0.2) is 6.29 Å². The van der Waals surface area contributed by atoms with Crippen LogP contribution in [0.5, 0.6) is 5.75 Å². The van der Waals surface area contributed by atoms with Gasteiger partial charge in [-0.3, -0.25) is 4.79 Å². The van der Waals surface area contributed by atoms with Crippen molar-refractivity contribution in [3.63, 3.8) is 0 Å². The number of aldehydes is 1. The number of anilines is 2. The van der Waals surface area contributed by atoms with E-state index in [1.807, 2.05) is 36.4 Å². The van der Waals surface area contributed by atoms with Crippen molar-refractivity contribution >= 4 is 28.4 Å². The lowest BCUT2D eigenvalue weighted by atomic mass is 10.0. The monoisotopic (exact) mass is 346 g/mol. The Bertz CT molecular complexity index is 913. The van der Waals surface area contributed by atoms with Gasteiger partial charge in [-0.15, -0.1) is 0 Å². The first-order valence-electron chi connectivity index (χ1n) is 8.90. The summed E-state index contributed by atoms with van der Waals surface area (Å²) in [6, 6.07) is 20.5. The van der Waals surface area contributed by atoms with Gasteiger partial charge >= 0.3 is 0 Å². The second kappa shape index (κ2) is 7.08. The third-order valence-corrected chi connectivity index (χ3v) is 5.09. The summed E-state index contributed by atoms with van der Waals surface area (Å²) < 4.78 is 5.23. The first kappa shape index (κ1) is 16.5. The third kappa shape index (κ3) is 3.10. The largest absolute Gasteiger partial charge is 0.497 e. The molecule has 0 atom stereocenters. The van der Waals surface area contributed by atoms with E-state index in [2.05, 4.69) is 34.1 Å². The summed E-state index contributed by atoms with van der Waals surface area (Å²) >= 11 is 0. The van der Waals surface area contributed by atoms with Gasteiger partial charge in [0, 0.05) is 43.1 Å². The van der Waals surface area contributed by atoms with Crippen molar-refractivity contribution in [1.29, 1.82) is 0 Å². The Morgan fingerprint density at radius 3 is 2.15 bits per heavy atom. The van der Waals surface area contributed by atoms with Crippen molar-refractivity contribution in [2.24, 2.45) is 0 Å². The average molecular weight is 346 g/mol. The van der Waals surface area contributed by atoms with Crippen molar-refractivity contribution in [3.05, 3.63) is 66.2 Å². The molecule has 0 bridgehead atoms. The van der Waals surface area contributed by atoms with Crippen LogP contribution < -0.4 is 14.5 Å². The molecule has 132 valence electrons. The molecule has 1 aliphatic rings. The van der Waals surface area contributed by atoms with Gasteiger partial charge in [0.25, 0.3) is 0 Å². The minimum absolute atomic E-state index is 0.760. The van der Waals surface area contributed by atoms with Gasteiger partial charge in [0.1, 0.15) is 5.75 Å². The van der Waals surface area contributed by atoms with Gasteiger partial charge in [-0.1, -0.05) is 24.3 Å². The number of carbonyl (C=O) groups excluding carboxylic acids is 1. The maximum atomic E-state index is 11.5. The van der Waals surface area contributed by atoms with Crippen LogP contribution in [-0.2, 0) is 0 Å². The van der Waals surface area contributed by atoms with Gasteiger partial charge in [0.2, 0.25) is 0 Å². The zero-order valence-electron chi connectivity index (χ0n) is 14.9. The molecule has 0 saturated carbocycles. The number of rotatable bonds is 4. The van der Waals surface area contributed by atoms with Crippen molar-refractivity contribution in [2.75, 3.05) is 43.1 Å². The van der Waals surface area contributed by atoms with E-state index in [1.165, 1.54) is 5.69 Å². The maximum absolute atomic E-state index is 11.5. The highest BCUT2D eigenvalue weighted by molar-refractivity contribution is 6.00. The van der Waals surface area contributed by atoms with Crippen LogP contribution in [0.4, 0.5) is 11.4 Å². The lowest BCUT2D eigenvalue weighted by molar-refractivity contribution is 0.112. The molecule has 0 aromatic heterocycles. The number of nitrogens with zero attached hydrogens (tertiary/aromatic N) is 2. The Morgan fingerprint density at radius 2 is 1.50 bits per heavy atom. The van der Waals surface area contributed by atoms with Gasteiger partial charge in [-0.2, -0.15) is 0 Å². The van der Waals surface area contributed by atoms with E-state index in [1.54, 1.807) is 7.11 Å². The van der Waals surface area contributed by atoms with E-state index in [-0.39, 0.29) is 0 Å². The lowest BCUT2D eigenvalue weighted by Gasteiger charge is -2.37. The van der Waals surface area contributed by atoms with Crippen molar-refractivity contribution in [1.82, 2.24) is 0 Å². The van der Waals surface area contributed by atoms with E-state index >= 15 is 0 Å². The predicted molar refractivity (Wildman–Crippen MR) is 107 cm³/mol. The molecule has 3 aromatic carbocycles. The fraction of sp³-hybridized carbons (Fsp3) is 0.227. The van der Waals surface area contributed by atoms with Crippen molar-refractivity contribution in [2.45, 2.75) is 0 Å². The molecule has 0 aliphatic carbocycles. The molecule has 1 saturated heterocycles. The van der Waals surface area contributed by atoms with Crippen molar-refractivity contribution in [3.8, 4) is 5.75 Å². The summed E-state index contributed by atoms with van der Waals surface area (Å²) in [5.74, 6) is 0.880. The van der Waals surface area contributed by atoms with Gasteiger partial charge in [-0.05, 0) is 47.2 Å². The molecule has 26 heavy (non-hydrogen) atoms. The van der Waals surface area contributed by atoms with Gasteiger partial charge < -0.3 is 14.5 Å². The molecule has 0 spiro atoms. The van der Waals surface area contributed by atoms with Crippen LogP contribution in [0.3, 0.4) is 0 Å². The molecule has 3 aromatic rings. The van der Waals surface area contributed by atoms with Crippen LogP contribution >= 0.6 is 0 Å². The molecule has 1 fully saturated rings. The van der Waals surface area contributed by atoms with Crippen LogP contribution in [0.25, 0.3) is 10.8 Å². The molecule has 0 radical (unpaired) electrons. The van der Waals surface area contributed by atoms with Crippen LogP contribution in [0.15, 0.2) is 60.7 Å². The molecule has 0 N–H and O–H groups in total. The summed E-state index contributed by atoms with van der Waals surface area (Å²) in [6.45, 7) is 3.77. The predicted octanol–water partition coefficient (Wildman–Crippen LogP) is 3.99. The Balaban J connectivity index is 1.52. The van der Waals surface area contributed by atoms with E-state index in [0.717, 1.165) is 60.2 Å². The molecule has 4 heteroatoms. The topological polar surface area (TPSA) is 32.8 Å². The molecule has 1 heterocycles. The zero-order valence-corrected chi connectivity index (χ0v) is 14.9. The van der Waals surface area contributed by atoms with E-state index < -0.39 is 0 Å². The number of ether oxygens (including phenoxy) is 1. The van der Waals surface area contributed by atoms with Gasteiger partial charge in [0.05, 0.1) is 7.11 Å². The second-order valence-electron chi connectivity index (χ2n) is 6.55. The number of piperazine rings is 1. The summed E-state index contributed by atoms with van der Waals surface area (Å²) in [6.07, 6.45) is 0.958. The van der Waals surface area contributed by atoms with Crippen LogP contribution in [0.1, 0.15) is 10.4 Å². The highest BCUT2D eigenvalue weighted by atomic mass is 16.5. The second-order valence-corrected chi connectivity index (χ2v) is 6.55. The number of fused-ring (bicyclic) bond motifs is 1. The minimum Gasteiger partial charge on any atom is -0.497 e. The summed E-state index contributed by atoms with van der Waals surface area (Å²) in [5, 5.41) is 2.13. The first-order chi connectivity index (χ1) is 12.8. The fourth-order valence-electron chi connectivity index (χ4n) is 3.62. The number of hydrogen-bond donors (Lipinski definition) is 0. The molecule has 1 aliphatic heterocycles. The summed E-state index contributed by atoms with van der Waals surface area (Å²) in [7, 11) is 1.69. The lowest BCUT2D eigenvalue weighted by Crippen LogP contribution is -2.46. The van der Waals surface area contributed by atoms with E-state index in [9.17, 15) is 4.79 Å². The summed E-state index contributed by atoms with van der Waals surface area (Å²) in [4.78, 5) is 16.3. The molecular formula is C22H22N2O2. The number of hydrogen-bond acceptors (Lipinski definition) is 4. The normalized spacial score (nSPS) is 14.5. The Labute approximate surface area is 153 Å². The molecular weight excluding hydrogens is 324 g/mol. The number of methoxy groups -OCH3 is 1. The average Bonchev–Trinajstić information content (AvgIpc) is 2.73. The first-order valence-corrected chi connectivity index (χ1v) is 8.90. The number of benzene rings is 3. The quantitative estimate of drug-likeness (QED) is 0.669. The van der Waals surface area contributed by atoms with Gasteiger partial charge in [-0.25, -0.2) is 0 Å². The minimum atomic E-state index is 0.760. The Morgan fingerprint density at radius 1 is 0.846 bits per heavy atom. The highest BCUT2D eigenvalue weighted by Gasteiger charge is 2.18. The zero-order chi connectivity index (χ0) is 17.9. The van der Waals surface area contributed by atoms with E-state index in [0.29, 0.717) is 0 Å². The summed E-state index contributed by atoms with van der Waals surface area (Å²) in [5.41, 5.74) is 3.11. The molecule has 0 amide bonds. The molecule has 4 nitrogen and oxygen atoms in total. The molecule has 4 rings (SSSR count). The maximum Gasteiger partial charge on any atom is 0.150 e. The third-order valence-electron chi connectivity index (χ3n) is 5.09. The SMILES string of the molecule is COc1ccc(N2CCN(c3cc(C=O)c4ccccc4c3)CC2)cc1. The Kier molecular flexibility index (Phi) is 4.48. The Hall–Kier alpha value is -3.01. The van der Waals surface area contributed by atoms with E-state index in [4.69, 9.17) is 4.74 Å².